The van der Waals surface area contributed by atoms with Gasteiger partial charge in [-0.05, 0) is 42.3 Å². The van der Waals surface area contributed by atoms with Crippen molar-refractivity contribution in [2.45, 2.75) is 19.5 Å². The molecule has 32 heavy (non-hydrogen) atoms. The van der Waals surface area contributed by atoms with Crippen LogP contribution in [0.4, 0.5) is 0 Å². The minimum atomic E-state index is -0.858. The molecule has 0 radical (unpaired) electrons. The normalized spacial score (nSPS) is 17.5. The number of phenolic OH excluding ortho intramolecular Hbond substituents is 1. The number of aromatic nitrogens is 1. The van der Waals surface area contributed by atoms with Crippen LogP contribution in [0, 0.1) is 0 Å². The number of aliphatic hydroxyl groups excluding tert-OH is 1. The maximum atomic E-state index is 13.1. The Morgan fingerprint density at radius 2 is 1.78 bits per heavy atom. The maximum Gasteiger partial charge on any atom is 0.295 e. The number of ether oxygens (including phenoxy) is 1. The van der Waals surface area contributed by atoms with Gasteiger partial charge in [0.1, 0.15) is 5.76 Å². The Balaban J connectivity index is 1.88. The molecular formula is C25H22N2O5. The number of pyridine rings is 1. The van der Waals surface area contributed by atoms with Gasteiger partial charge in [0.05, 0.1) is 18.2 Å². The average Bonchev–Trinajstić information content (AvgIpc) is 3.06. The molecule has 1 aromatic heterocycles. The van der Waals surface area contributed by atoms with E-state index in [2.05, 4.69) is 4.98 Å². The molecule has 2 aromatic carbocycles. The lowest BCUT2D eigenvalue weighted by atomic mass is 9.95. The summed E-state index contributed by atoms with van der Waals surface area (Å²) in [5.41, 5.74) is 1.74. The van der Waals surface area contributed by atoms with E-state index in [4.69, 9.17) is 4.74 Å². The minimum absolute atomic E-state index is 0.0229. The number of carbonyl (C=O) groups excluding carboxylic acids is 2. The highest BCUT2D eigenvalue weighted by molar-refractivity contribution is 6.46. The number of aliphatic hydroxyl groups is 1. The number of rotatable bonds is 6. The van der Waals surface area contributed by atoms with Gasteiger partial charge in [0.25, 0.3) is 11.7 Å². The minimum Gasteiger partial charge on any atom is -0.507 e. The van der Waals surface area contributed by atoms with Crippen LogP contribution in [0.1, 0.15) is 29.7 Å². The largest absolute Gasteiger partial charge is 0.507 e. The first kappa shape index (κ1) is 21.1. The van der Waals surface area contributed by atoms with Crippen LogP contribution in [0.15, 0.2) is 78.6 Å². The van der Waals surface area contributed by atoms with Crippen molar-refractivity contribution < 1.29 is 24.5 Å². The van der Waals surface area contributed by atoms with E-state index in [1.165, 1.54) is 23.4 Å². The molecule has 1 unspecified atom stereocenters. The van der Waals surface area contributed by atoms with Gasteiger partial charge in [-0.1, -0.05) is 36.4 Å². The topological polar surface area (TPSA) is 100.0 Å². The number of hydrogen-bond donors (Lipinski definition) is 2. The number of ketones is 1. The van der Waals surface area contributed by atoms with Crippen molar-refractivity contribution in [3.8, 4) is 11.5 Å². The first-order chi connectivity index (χ1) is 15.5. The van der Waals surface area contributed by atoms with E-state index >= 15 is 0 Å². The SMILES string of the molecule is CCOc1cc(C2/C(=C(\O)c3ccncc3)C(=O)C(=O)N2Cc2ccccc2)ccc1O. The van der Waals surface area contributed by atoms with Gasteiger partial charge in [0.2, 0.25) is 0 Å². The lowest BCUT2D eigenvalue weighted by Crippen LogP contribution is -2.29. The van der Waals surface area contributed by atoms with E-state index in [9.17, 15) is 19.8 Å². The zero-order valence-electron chi connectivity index (χ0n) is 17.4. The molecule has 1 fully saturated rings. The summed E-state index contributed by atoms with van der Waals surface area (Å²) >= 11 is 0. The summed E-state index contributed by atoms with van der Waals surface area (Å²) in [7, 11) is 0. The second-order valence-corrected chi connectivity index (χ2v) is 7.31. The van der Waals surface area contributed by atoms with Crippen LogP contribution in [-0.4, -0.2) is 38.4 Å². The van der Waals surface area contributed by atoms with Gasteiger partial charge in [0.15, 0.2) is 11.5 Å². The predicted molar refractivity (Wildman–Crippen MR) is 118 cm³/mol. The lowest BCUT2D eigenvalue weighted by Gasteiger charge is -2.26. The van der Waals surface area contributed by atoms with Crippen LogP contribution >= 0.6 is 0 Å². The molecule has 7 nitrogen and oxygen atoms in total. The fourth-order valence-electron chi connectivity index (χ4n) is 3.81. The van der Waals surface area contributed by atoms with E-state index in [0.29, 0.717) is 17.7 Å². The Labute approximate surface area is 185 Å². The van der Waals surface area contributed by atoms with E-state index in [1.54, 1.807) is 31.2 Å². The second kappa shape index (κ2) is 8.93. The van der Waals surface area contributed by atoms with Crippen LogP contribution in [0.3, 0.4) is 0 Å². The third-order valence-electron chi connectivity index (χ3n) is 5.29. The standard InChI is InChI=1S/C25H22N2O5/c1-2-32-20-14-18(8-9-19(20)28)22-21(23(29)17-10-12-26-13-11-17)24(30)25(31)27(22)15-16-6-4-3-5-7-16/h3-14,22,28-29H,2,15H2,1H3/b23-21+. The lowest BCUT2D eigenvalue weighted by molar-refractivity contribution is -0.140. The fraction of sp³-hybridized carbons (Fsp3) is 0.160. The van der Waals surface area contributed by atoms with Gasteiger partial charge in [0, 0.05) is 24.5 Å². The molecule has 1 amide bonds. The number of aromatic hydroxyl groups is 1. The Morgan fingerprint density at radius 3 is 2.47 bits per heavy atom. The van der Waals surface area contributed by atoms with Gasteiger partial charge in [-0.25, -0.2) is 0 Å². The van der Waals surface area contributed by atoms with Crippen molar-refractivity contribution in [3.05, 3.63) is 95.3 Å². The summed E-state index contributed by atoms with van der Waals surface area (Å²) in [5.74, 6) is -1.58. The molecule has 0 spiro atoms. The van der Waals surface area contributed by atoms with Crippen LogP contribution in [-0.2, 0) is 16.1 Å². The number of phenols is 1. The monoisotopic (exact) mass is 430 g/mol. The third kappa shape index (κ3) is 3.92. The Bertz CT molecular complexity index is 1180. The maximum absolute atomic E-state index is 13.1. The quantitative estimate of drug-likeness (QED) is 0.350. The molecule has 3 aromatic rings. The molecule has 4 rings (SSSR count). The molecule has 2 heterocycles. The molecule has 1 atom stereocenters. The van der Waals surface area contributed by atoms with Crippen molar-refractivity contribution in [2.24, 2.45) is 0 Å². The highest BCUT2D eigenvalue weighted by Gasteiger charge is 2.46. The number of benzene rings is 2. The first-order valence-electron chi connectivity index (χ1n) is 10.2. The molecule has 162 valence electrons. The van der Waals surface area contributed by atoms with Gasteiger partial charge < -0.3 is 19.8 Å². The van der Waals surface area contributed by atoms with Crippen LogP contribution in [0.5, 0.6) is 11.5 Å². The number of amides is 1. The van der Waals surface area contributed by atoms with Crippen LogP contribution < -0.4 is 4.74 Å². The summed E-state index contributed by atoms with van der Waals surface area (Å²) in [5, 5.41) is 21.1. The Morgan fingerprint density at radius 1 is 1.06 bits per heavy atom. The van der Waals surface area contributed by atoms with E-state index < -0.39 is 17.7 Å². The summed E-state index contributed by atoms with van der Waals surface area (Å²) in [6.07, 6.45) is 3.00. The van der Waals surface area contributed by atoms with Gasteiger partial charge in [-0.15, -0.1) is 0 Å². The summed E-state index contributed by atoms with van der Waals surface area (Å²) in [6, 6.07) is 16.2. The number of nitrogens with zero attached hydrogens (tertiary/aromatic N) is 2. The molecule has 2 N–H and O–H groups in total. The highest BCUT2D eigenvalue weighted by Crippen LogP contribution is 2.42. The number of Topliss-reactive ketones (excluding diaryl/α,β-unsaturated/α-hetero) is 1. The molecule has 0 bridgehead atoms. The molecule has 0 saturated carbocycles. The smallest absolute Gasteiger partial charge is 0.295 e. The summed E-state index contributed by atoms with van der Waals surface area (Å²) < 4.78 is 5.50. The summed E-state index contributed by atoms with van der Waals surface area (Å²) in [6.45, 7) is 2.29. The second-order valence-electron chi connectivity index (χ2n) is 7.31. The van der Waals surface area contributed by atoms with Crippen molar-refractivity contribution in [3.63, 3.8) is 0 Å². The van der Waals surface area contributed by atoms with E-state index in [0.717, 1.165) is 5.56 Å². The number of carbonyl (C=O) groups is 2. The zero-order valence-corrected chi connectivity index (χ0v) is 17.4. The fourth-order valence-corrected chi connectivity index (χ4v) is 3.81. The molecule has 1 aliphatic heterocycles. The van der Waals surface area contributed by atoms with Crippen molar-refractivity contribution in [1.82, 2.24) is 9.88 Å². The van der Waals surface area contributed by atoms with E-state index in [1.807, 2.05) is 30.3 Å². The molecule has 1 saturated heterocycles. The zero-order chi connectivity index (χ0) is 22.7. The number of hydrogen-bond acceptors (Lipinski definition) is 6. The predicted octanol–water partition coefficient (Wildman–Crippen LogP) is 3.81. The Hall–Kier alpha value is -4.13. The Kier molecular flexibility index (Phi) is 5.89. The van der Waals surface area contributed by atoms with Crippen molar-refractivity contribution in [1.29, 1.82) is 0 Å². The first-order valence-corrected chi connectivity index (χ1v) is 10.2. The van der Waals surface area contributed by atoms with Crippen LogP contribution in [0.25, 0.3) is 5.76 Å². The highest BCUT2D eigenvalue weighted by atomic mass is 16.5. The average molecular weight is 430 g/mol. The number of likely N-dealkylation sites (tertiary alicyclic amines) is 1. The van der Waals surface area contributed by atoms with Gasteiger partial charge >= 0.3 is 0 Å². The molecular weight excluding hydrogens is 408 g/mol. The van der Waals surface area contributed by atoms with Crippen molar-refractivity contribution in [2.75, 3.05) is 6.61 Å². The van der Waals surface area contributed by atoms with Crippen molar-refractivity contribution >= 4 is 17.4 Å². The molecule has 0 aliphatic carbocycles. The molecule has 7 heteroatoms. The van der Waals surface area contributed by atoms with E-state index in [-0.39, 0.29) is 29.4 Å². The summed E-state index contributed by atoms with van der Waals surface area (Å²) in [4.78, 5) is 31.5. The van der Waals surface area contributed by atoms with Gasteiger partial charge in [-0.2, -0.15) is 0 Å². The van der Waals surface area contributed by atoms with Gasteiger partial charge in [-0.3, -0.25) is 14.6 Å². The molecule has 1 aliphatic rings. The third-order valence-corrected chi connectivity index (χ3v) is 5.29. The van der Waals surface area contributed by atoms with Crippen LogP contribution in [0.2, 0.25) is 0 Å².